The molecule has 0 aliphatic rings. The Morgan fingerprint density at radius 1 is 1.12 bits per heavy atom. The second-order valence-corrected chi connectivity index (χ2v) is 6.98. The fourth-order valence-electron chi connectivity index (χ4n) is 2.32. The topological polar surface area (TPSA) is 80.4 Å². The molecular weight excluding hydrogens is 468 g/mol. The number of esters is 1. The molecule has 3 rings (SSSR count). The fourth-order valence-corrected chi connectivity index (χ4v) is 3.67. The number of anilines is 1. The Kier molecular flexibility index (Phi) is 5.63. The van der Waals surface area contributed by atoms with E-state index in [0.29, 0.717) is 26.1 Å². The SMILES string of the molecule is CCOC(=O)C(=O)Nc1cc(Br)c(Oc2ccc3[nH]ccc3c2)c(Br)c1. The van der Waals surface area contributed by atoms with Gasteiger partial charge >= 0.3 is 11.9 Å². The predicted molar refractivity (Wildman–Crippen MR) is 105 cm³/mol. The van der Waals surface area contributed by atoms with Gasteiger partial charge in [0.15, 0.2) is 5.75 Å². The molecule has 0 radical (unpaired) electrons. The number of nitrogens with one attached hydrogen (secondary N) is 2. The van der Waals surface area contributed by atoms with E-state index in [4.69, 9.17) is 4.74 Å². The second-order valence-electron chi connectivity index (χ2n) is 5.27. The number of rotatable bonds is 4. The summed E-state index contributed by atoms with van der Waals surface area (Å²) >= 11 is 6.85. The molecule has 1 aromatic heterocycles. The molecule has 1 heterocycles. The molecular formula is C18H14Br2N2O4. The van der Waals surface area contributed by atoms with Gasteiger partial charge in [-0.15, -0.1) is 0 Å². The van der Waals surface area contributed by atoms with Crippen molar-refractivity contribution in [2.24, 2.45) is 0 Å². The molecule has 0 spiro atoms. The van der Waals surface area contributed by atoms with Crippen LogP contribution in [0.25, 0.3) is 10.9 Å². The normalized spacial score (nSPS) is 10.6. The van der Waals surface area contributed by atoms with Crippen LogP contribution in [-0.2, 0) is 14.3 Å². The predicted octanol–water partition coefficient (Wildman–Crippen LogP) is 4.99. The van der Waals surface area contributed by atoms with E-state index in [1.165, 1.54) is 0 Å². The van der Waals surface area contributed by atoms with Crippen molar-refractivity contribution in [1.29, 1.82) is 0 Å². The highest BCUT2D eigenvalue weighted by atomic mass is 79.9. The molecule has 2 aromatic carbocycles. The number of aromatic amines is 1. The van der Waals surface area contributed by atoms with E-state index in [0.717, 1.165) is 10.9 Å². The standard InChI is InChI=1S/C18H14Br2N2O4/c1-2-25-18(24)17(23)22-11-8-13(19)16(14(20)9-11)26-12-3-4-15-10(7-12)5-6-21-15/h3-9,21H,2H2,1H3,(H,22,23). The maximum atomic E-state index is 11.7. The van der Waals surface area contributed by atoms with Crippen LogP contribution < -0.4 is 10.1 Å². The zero-order valence-corrected chi connectivity index (χ0v) is 16.8. The minimum absolute atomic E-state index is 0.137. The van der Waals surface area contributed by atoms with Crippen molar-refractivity contribution in [2.75, 3.05) is 11.9 Å². The van der Waals surface area contributed by atoms with Gasteiger partial charge in [0.25, 0.3) is 0 Å². The minimum Gasteiger partial charge on any atom is -0.459 e. The molecule has 0 saturated heterocycles. The summed E-state index contributed by atoms with van der Waals surface area (Å²) in [5, 5.41) is 3.52. The van der Waals surface area contributed by atoms with Crippen LogP contribution >= 0.6 is 31.9 Å². The Balaban J connectivity index is 1.80. The average molecular weight is 482 g/mol. The third kappa shape index (κ3) is 4.08. The van der Waals surface area contributed by atoms with Crippen molar-refractivity contribution >= 4 is 60.3 Å². The van der Waals surface area contributed by atoms with Crippen LogP contribution in [-0.4, -0.2) is 23.5 Å². The molecule has 0 bridgehead atoms. The van der Waals surface area contributed by atoms with Gasteiger partial charge in [-0.3, -0.25) is 4.79 Å². The van der Waals surface area contributed by atoms with Crippen molar-refractivity contribution in [1.82, 2.24) is 4.98 Å². The van der Waals surface area contributed by atoms with Crippen LogP contribution in [0, 0.1) is 0 Å². The van der Waals surface area contributed by atoms with Crippen molar-refractivity contribution in [3.05, 3.63) is 51.5 Å². The van der Waals surface area contributed by atoms with Gasteiger partial charge in [0, 0.05) is 22.8 Å². The molecule has 0 saturated carbocycles. The van der Waals surface area contributed by atoms with Crippen LogP contribution in [0.4, 0.5) is 5.69 Å². The van der Waals surface area contributed by atoms with Gasteiger partial charge in [0.2, 0.25) is 0 Å². The van der Waals surface area contributed by atoms with Gasteiger partial charge in [0.1, 0.15) is 5.75 Å². The summed E-state index contributed by atoms with van der Waals surface area (Å²) in [4.78, 5) is 26.3. The summed E-state index contributed by atoms with van der Waals surface area (Å²) in [6, 6.07) is 11.0. The molecule has 0 atom stereocenters. The number of fused-ring (bicyclic) bond motifs is 1. The first-order valence-electron chi connectivity index (χ1n) is 7.70. The van der Waals surface area contributed by atoms with Crippen LogP contribution in [0.2, 0.25) is 0 Å². The maximum Gasteiger partial charge on any atom is 0.397 e. The molecule has 1 amide bonds. The molecule has 3 aromatic rings. The molecule has 0 aliphatic heterocycles. The summed E-state index contributed by atoms with van der Waals surface area (Å²) in [5.41, 5.74) is 1.45. The highest BCUT2D eigenvalue weighted by molar-refractivity contribution is 9.11. The summed E-state index contributed by atoms with van der Waals surface area (Å²) in [5.74, 6) is -0.548. The number of aromatic nitrogens is 1. The van der Waals surface area contributed by atoms with Crippen LogP contribution in [0.3, 0.4) is 0 Å². The monoisotopic (exact) mass is 480 g/mol. The Bertz CT molecular complexity index is 961. The quantitative estimate of drug-likeness (QED) is 0.406. The van der Waals surface area contributed by atoms with E-state index in [-0.39, 0.29) is 6.61 Å². The van der Waals surface area contributed by atoms with Gasteiger partial charge < -0.3 is 19.8 Å². The zero-order valence-electron chi connectivity index (χ0n) is 13.6. The van der Waals surface area contributed by atoms with Crippen molar-refractivity contribution in [2.45, 2.75) is 6.92 Å². The van der Waals surface area contributed by atoms with Crippen molar-refractivity contribution in [3.63, 3.8) is 0 Å². The number of carbonyl (C=O) groups is 2. The molecule has 0 unspecified atom stereocenters. The summed E-state index contributed by atoms with van der Waals surface area (Å²) < 4.78 is 11.8. The number of H-pyrrole nitrogens is 1. The van der Waals surface area contributed by atoms with E-state index >= 15 is 0 Å². The highest BCUT2D eigenvalue weighted by Gasteiger charge is 2.17. The van der Waals surface area contributed by atoms with Crippen molar-refractivity contribution in [3.8, 4) is 11.5 Å². The summed E-state index contributed by atoms with van der Waals surface area (Å²) in [6.45, 7) is 1.77. The fraction of sp³-hybridized carbons (Fsp3) is 0.111. The lowest BCUT2D eigenvalue weighted by molar-refractivity contribution is -0.152. The number of hydrogen-bond acceptors (Lipinski definition) is 4. The number of carbonyl (C=O) groups excluding carboxylic acids is 2. The number of benzene rings is 2. The van der Waals surface area contributed by atoms with E-state index in [2.05, 4.69) is 46.9 Å². The van der Waals surface area contributed by atoms with Crippen LogP contribution in [0.1, 0.15) is 6.92 Å². The first-order chi connectivity index (χ1) is 12.5. The van der Waals surface area contributed by atoms with Gasteiger partial charge in [-0.2, -0.15) is 0 Å². The zero-order chi connectivity index (χ0) is 18.7. The van der Waals surface area contributed by atoms with Crippen LogP contribution in [0.15, 0.2) is 51.5 Å². The van der Waals surface area contributed by atoms with E-state index in [1.807, 2.05) is 30.5 Å². The molecule has 0 aliphatic carbocycles. The van der Waals surface area contributed by atoms with Crippen LogP contribution in [0.5, 0.6) is 11.5 Å². The Hall–Kier alpha value is -2.32. The smallest absolute Gasteiger partial charge is 0.397 e. The number of amides is 1. The van der Waals surface area contributed by atoms with Gasteiger partial charge in [-0.05, 0) is 75.2 Å². The summed E-state index contributed by atoms with van der Waals surface area (Å²) in [7, 11) is 0. The first kappa shape index (κ1) is 18.5. The van der Waals surface area contributed by atoms with Gasteiger partial charge in [0.05, 0.1) is 15.6 Å². The lowest BCUT2D eigenvalue weighted by Gasteiger charge is -2.12. The maximum absolute atomic E-state index is 11.7. The lowest BCUT2D eigenvalue weighted by Crippen LogP contribution is -2.25. The lowest BCUT2D eigenvalue weighted by atomic mass is 10.2. The number of ether oxygens (including phenoxy) is 2. The Morgan fingerprint density at radius 2 is 1.85 bits per heavy atom. The molecule has 0 fully saturated rings. The molecule has 6 nitrogen and oxygen atoms in total. The Labute approximate surface area is 166 Å². The van der Waals surface area contributed by atoms with Gasteiger partial charge in [-0.1, -0.05) is 0 Å². The van der Waals surface area contributed by atoms with E-state index in [9.17, 15) is 9.59 Å². The van der Waals surface area contributed by atoms with E-state index in [1.54, 1.807) is 19.1 Å². The minimum atomic E-state index is -0.931. The van der Waals surface area contributed by atoms with E-state index < -0.39 is 11.9 Å². The van der Waals surface area contributed by atoms with Crippen molar-refractivity contribution < 1.29 is 19.1 Å². The number of halogens is 2. The average Bonchev–Trinajstić information content (AvgIpc) is 3.06. The summed E-state index contributed by atoms with van der Waals surface area (Å²) in [6.07, 6.45) is 1.86. The molecule has 134 valence electrons. The first-order valence-corrected chi connectivity index (χ1v) is 9.28. The molecule has 26 heavy (non-hydrogen) atoms. The number of hydrogen-bond donors (Lipinski definition) is 2. The highest BCUT2D eigenvalue weighted by Crippen LogP contribution is 2.39. The third-order valence-electron chi connectivity index (χ3n) is 3.46. The second kappa shape index (κ2) is 7.92. The largest absolute Gasteiger partial charge is 0.459 e. The Morgan fingerprint density at radius 3 is 2.54 bits per heavy atom. The molecule has 8 heteroatoms. The third-order valence-corrected chi connectivity index (χ3v) is 4.64. The molecule has 2 N–H and O–H groups in total. The van der Waals surface area contributed by atoms with Gasteiger partial charge in [-0.25, -0.2) is 4.79 Å².